The quantitative estimate of drug-likeness (QED) is 0.698. The molecule has 4 nitrogen and oxygen atoms in total. The molecule has 1 aromatic rings. The molecule has 98 valence electrons. The maximum atomic E-state index is 11.1. The maximum Gasteiger partial charge on any atom is 0.248 e. The van der Waals surface area contributed by atoms with E-state index in [-0.39, 0.29) is 0 Å². The van der Waals surface area contributed by atoms with Crippen LogP contribution in [0.2, 0.25) is 0 Å². The fourth-order valence-electron chi connectivity index (χ4n) is 2.25. The van der Waals surface area contributed by atoms with Gasteiger partial charge in [0.1, 0.15) is 0 Å². The van der Waals surface area contributed by atoms with Crippen molar-refractivity contribution in [2.75, 3.05) is 17.6 Å². The molecular formula is C14H21N3O. The highest BCUT2D eigenvalue weighted by molar-refractivity contribution is 5.94. The van der Waals surface area contributed by atoms with E-state index in [2.05, 4.69) is 19.2 Å². The first-order valence-corrected chi connectivity index (χ1v) is 6.38. The Morgan fingerprint density at radius 2 is 2.11 bits per heavy atom. The van der Waals surface area contributed by atoms with Crippen LogP contribution in [-0.4, -0.2) is 12.5 Å². The summed E-state index contributed by atoms with van der Waals surface area (Å²) in [5.41, 5.74) is 13.5. The van der Waals surface area contributed by atoms with Gasteiger partial charge in [-0.2, -0.15) is 0 Å². The van der Waals surface area contributed by atoms with E-state index in [0.29, 0.717) is 22.6 Å². The van der Waals surface area contributed by atoms with Crippen LogP contribution in [-0.2, 0) is 0 Å². The highest BCUT2D eigenvalue weighted by atomic mass is 16.1. The van der Waals surface area contributed by atoms with Gasteiger partial charge in [-0.05, 0) is 42.4 Å². The predicted octanol–water partition coefficient (Wildman–Crippen LogP) is 2.22. The first kappa shape index (κ1) is 12.7. The smallest absolute Gasteiger partial charge is 0.248 e. The summed E-state index contributed by atoms with van der Waals surface area (Å²) in [5, 5.41) is 3.36. The first-order chi connectivity index (χ1) is 8.44. The summed E-state index contributed by atoms with van der Waals surface area (Å²) < 4.78 is 0. The van der Waals surface area contributed by atoms with Crippen LogP contribution in [0.15, 0.2) is 18.2 Å². The van der Waals surface area contributed by atoms with Crippen molar-refractivity contribution in [3.63, 3.8) is 0 Å². The van der Waals surface area contributed by atoms with E-state index in [1.54, 1.807) is 18.2 Å². The van der Waals surface area contributed by atoms with Gasteiger partial charge in [0.25, 0.3) is 0 Å². The van der Waals surface area contributed by atoms with Gasteiger partial charge in [0, 0.05) is 12.1 Å². The second-order valence-electron chi connectivity index (χ2n) is 5.54. The van der Waals surface area contributed by atoms with Crippen LogP contribution in [0.25, 0.3) is 0 Å². The van der Waals surface area contributed by atoms with E-state index in [1.165, 1.54) is 12.8 Å². The molecule has 18 heavy (non-hydrogen) atoms. The van der Waals surface area contributed by atoms with Crippen molar-refractivity contribution in [3.8, 4) is 0 Å². The standard InChI is InChI=1S/C14H21N3O/c1-9(2)14(5-6-14)8-17-12-7-10(13(16)18)3-4-11(12)15/h3-4,7,9,17H,5-6,8,15H2,1-2H3,(H2,16,18). The highest BCUT2D eigenvalue weighted by Gasteiger charge is 2.44. The van der Waals surface area contributed by atoms with Crippen molar-refractivity contribution < 1.29 is 4.79 Å². The normalized spacial score (nSPS) is 16.6. The Kier molecular flexibility index (Phi) is 3.20. The zero-order chi connectivity index (χ0) is 13.3. The topological polar surface area (TPSA) is 81.1 Å². The van der Waals surface area contributed by atoms with Crippen LogP contribution in [0.4, 0.5) is 11.4 Å². The monoisotopic (exact) mass is 247 g/mol. The van der Waals surface area contributed by atoms with Gasteiger partial charge in [-0.3, -0.25) is 4.79 Å². The van der Waals surface area contributed by atoms with Gasteiger partial charge in [-0.1, -0.05) is 13.8 Å². The Labute approximate surface area is 108 Å². The second kappa shape index (κ2) is 4.52. The van der Waals surface area contributed by atoms with Crippen LogP contribution in [0.3, 0.4) is 0 Å². The molecule has 0 heterocycles. The van der Waals surface area contributed by atoms with E-state index < -0.39 is 5.91 Å². The lowest BCUT2D eigenvalue weighted by Gasteiger charge is -2.21. The van der Waals surface area contributed by atoms with Crippen LogP contribution in [0.1, 0.15) is 37.0 Å². The minimum Gasteiger partial charge on any atom is -0.397 e. The van der Waals surface area contributed by atoms with Crippen molar-refractivity contribution >= 4 is 17.3 Å². The number of amides is 1. The van der Waals surface area contributed by atoms with Crippen molar-refractivity contribution in [2.45, 2.75) is 26.7 Å². The minimum atomic E-state index is -0.428. The molecule has 0 spiro atoms. The zero-order valence-electron chi connectivity index (χ0n) is 11.0. The molecule has 1 amide bonds. The summed E-state index contributed by atoms with van der Waals surface area (Å²) >= 11 is 0. The molecule has 0 aromatic heterocycles. The summed E-state index contributed by atoms with van der Waals surface area (Å²) in [6, 6.07) is 5.10. The third kappa shape index (κ3) is 2.42. The molecule has 5 N–H and O–H groups in total. The number of hydrogen-bond donors (Lipinski definition) is 3. The third-order valence-corrected chi connectivity index (χ3v) is 4.09. The first-order valence-electron chi connectivity index (χ1n) is 6.38. The van der Waals surface area contributed by atoms with Gasteiger partial charge < -0.3 is 16.8 Å². The molecule has 1 aliphatic rings. The Hall–Kier alpha value is -1.71. The van der Waals surface area contributed by atoms with Crippen molar-refractivity contribution in [2.24, 2.45) is 17.1 Å². The summed E-state index contributed by atoms with van der Waals surface area (Å²) in [5.74, 6) is 0.230. The zero-order valence-corrected chi connectivity index (χ0v) is 11.0. The van der Waals surface area contributed by atoms with E-state index in [9.17, 15) is 4.79 Å². The van der Waals surface area contributed by atoms with E-state index in [0.717, 1.165) is 12.2 Å². The van der Waals surface area contributed by atoms with Gasteiger partial charge in [-0.15, -0.1) is 0 Å². The number of nitrogens with two attached hydrogens (primary N) is 2. The van der Waals surface area contributed by atoms with E-state index in [1.807, 2.05) is 0 Å². The molecule has 0 aliphatic heterocycles. The predicted molar refractivity (Wildman–Crippen MR) is 74.4 cm³/mol. The van der Waals surface area contributed by atoms with Gasteiger partial charge in [0.15, 0.2) is 0 Å². The number of benzene rings is 1. The third-order valence-electron chi connectivity index (χ3n) is 4.09. The highest BCUT2D eigenvalue weighted by Crippen LogP contribution is 2.51. The molecule has 0 unspecified atom stereocenters. The van der Waals surface area contributed by atoms with Gasteiger partial charge in [0.05, 0.1) is 11.4 Å². The summed E-state index contributed by atoms with van der Waals surface area (Å²) in [4.78, 5) is 11.1. The summed E-state index contributed by atoms with van der Waals surface area (Å²) in [6.45, 7) is 5.40. The molecule has 1 saturated carbocycles. The number of hydrogen-bond acceptors (Lipinski definition) is 3. The van der Waals surface area contributed by atoms with Crippen LogP contribution >= 0.6 is 0 Å². The largest absolute Gasteiger partial charge is 0.397 e. The Balaban J connectivity index is 2.09. The lowest BCUT2D eigenvalue weighted by molar-refractivity contribution is 0.100. The molecule has 0 radical (unpaired) electrons. The van der Waals surface area contributed by atoms with Gasteiger partial charge in [0.2, 0.25) is 5.91 Å². The summed E-state index contributed by atoms with van der Waals surface area (Å²) in [6.07, 6.45) is 2.51. The average molecular weight is 247 g/mol. The number of anilines is 2. The fraction of sp³-hybridized carbons (Fsp3) is 0.500. The van der Waals surface area contributed by atoms with Gasteiger partial charge in [-0.25, -0.2) is 0 Å². The molecule has 4 heteroatoms. The number of rotatable bonds is 5. The molecule has 0 bridgehead atoms. The molecule has 1 aliphatic carbocycles. The van der Waals surface area contributed by atoms with Crippen LogP contribution < -0.4 is 16.8 Å². The van der Waals surface area contributed by atoms with Crippen LogP contribution in [0.5, 0.6) is 0 Å². The van der Waals surface area contributed by atoms with Crippen molar-refractivity contribution in [1.29, 1.82) is 0 Å². The van der Waals surface area contributed by atoms with Crippen molar-refractivity contribution in [1.82, 2.24) is 0 Å². The van der Waals surface area contributed by atoms with Crippen LogP contribution in [0, 0.1) is 11.3 Å². The molecular weight excluding hydrogens is 226 g/mol. The lowest BCUT2D eigenvalue weighted by atomic mass is 9.92. The van der Waals surface area contributed by atoms with E-state index >= 15 is 0 Å². The van der Waals surface area contributed by atoms with Gasteiger partial charge >= 0.3 is 0 Å². The molecule has 1 fully saturated rings. The minimum absolute atomic E-state index is 0.398. The number of primary amides is 1. The maximum absolute atomic E-state index is 11.1. The molecule has 1 aromatic carbocycles. The Morgan fingerprint density at radius 1 is 1.44 bits per heavy atom. The molecule has 2 rings (SSSR count). The second-order valence-corrected chi connectivity index (χ2v) is 5.54. The number of nitrogens with one attached hydrogen (secondary N) is 1. The fourth-order valence-corrected chi connectivity index (χ4v) is 2.25. The van der Waals surface area contributed by atoms with E-state index in [4.69, 9.17) is 11.5 Å². The summed E-state index contributed by atoms with van der Waals surface area (Å²) in [7, 11) is 0. The molecule has 0 saturated heterocycles. The molecule has 0 atom stereocenters. The Bertz CT molecular complexity index is 464. The Morgan fingerprint density at radius 3 is 2.61 bits per heavy atom. The number of carbonyl (C=O) groups excluding carboxylic acids is 1. The number of carbonyl (C=O) groups is 1. The SMILES string of the molecule is CC(C)C1(CNc2cc(C(N)=O)ccc2N)CC1. The number of nitrogen functional groups attached to an aromatic ring is 1. The lowest BCUT2D eigenvalue weighted by Crippen LogP contribution is -2.21. The average Bonchev–Trinajstić information content (AvgIpc) is 3.08. The van der Waals surface area contributed by atoms with Crippen molar-refractivity contribution in [3.05, 3.63) is 23.8 Å².